The molecule has 0 aliphatic heterocycles. The highest BCUT2D eigenvalue weighted by molar-refractivity contribution is 5.97. The van der Waals surface area contributed by atoms with Gasteiger partial charge in [0, 0.05) is 5.69 Å². The Morgan fingerprint density at radius 1 is 1.20 bits per heavy atom. The third kappa shape index (κ3) is 3.19. The standard InChI is InChI=1S/C17H22N2O/c1-2-14-7-9-15(10-8-14)19-16(20)17(13-18)11-5-3-4-6-12-17/h7-10H,2-6,11-12H2,1H3,(H,19,20). The highest BCUT2D eigenvalue weighted by atomic mass is 16.2. The van der Waals surface area contributed by atoms with E-state index in [0.717, 1.165) is 37.8 Å². The molecule has 0 aromatic heterocycles. The van der Waals surface area contributed by atoms with E-state index in [1.807, 2.05) is 24.3 Å². The number of benzene rings is 1. The third-order valence-electron chi connectivity index (χ3n) is 4.23. The minimum Gasteiger partial charge on any atom is -0.325 e. The maximum Gasteiger partial charge on any atom is 0.244 e. The van der Waals surface area contributed by atoms with Gasteiger partial charge in [-0.1, -0.05) is 44.7 Å². The Bertz CT molecular complexity index is 491. The van der Waals surface area contributed by atoms with Crippen molar-refractivity contribution in [3.05, 3.63) is 29.8 Å². The maximum absolute atomic E-state index is 12.5. The van der Waals surface area contributed by atoms with Crippen molar-refractivity contribution in [3.8, 4) is 6.07 Å². The summed E-state index contributed by atoms with van der Waals surface area (Å²) in [4.78, 5) is 12.5. The fourth-order valence-corrected chi connectivity index (χ4v) is 2.80. The van der Waals surface area contributed by atoms with Crippen LogP contribution in [0.15, 0.2) is 24.3 Å². The lowest BCUT2D eigenvalue weighted by Gasteiger charge is -2.23. The van der Waals surface area contributed by atoms with E-state index < -0.39 is 5.41 Å². The molecule has 1 aliphatic carbocycles. The van der Waals surface area contributed by atoms with Crippen molar-refractivity contribution in [2.24, 2.45) is 5.41 Å². The summed E-state index contributed by atoms with van der Waals surface area (Å²) in [5.74, 6) is -0.133. The van der Waals surface area contributed by atoms with Gasteiger partial charge in [0.05, 0.1) is 6.07 Å². The normalized spacial score (nSPS) is 17.8. The Balaban J connectivity index is 2.10. The number of amides is 1. The molecule has 1 N–H and O–H groups in total. The van der Waals surface area contributed by atoms with E-state index >= 15 is 0 Å². The number of carbonyl (C=O) groups is 1. The summed E-state index contributed by atoms with van der Waals surface area (Å²) in [7, 11) is 0. The molecule has 0 radical (unpaired) electrons. The lowest BCUT2D eigenvalue weighted by Crippen LogP contribution is -2.34. The summed E-state index contributed by atoms with van der Waals surface area (Å²) < 4.78 is 0. The third-order valence-corrected chi connectivity index (χ3v) is 4.23. The molecule has 1 amide bonds. The summed E-state index contributed by atoms with van der Waals surface area (Å²) in [6, 6.07) is 10.1. The number of hydrogen-bond acceptors (Lipinski definition) is 2. The Labute approximate surface area is 121 Å². The van der Waals surface area contributed by atoms with Gasteiger partial charge in [0.1, 0.15) is 5.41 Å². The second kappa shape index (κ2) is 6.56. The summed E-state index contributed by atoms with van der Waals surface area (Å²) in [5, 5.41) is 12.4. The largest absolute Gasteiger partial charge is 0.325 e. The number of nitrogens with one attached hydrogen (secondary N) is 1. The molecule has 3 heteroatoms. The minimum absolute atomic E-state index is 0.133. The number of anilines is 1. The Morgan fingerprint density at radius 3 is 2.30 bits per heavy atom. The van der Waals surface area contributed by atoms with Crippen molar-refractivity contribution in [1.29, 1.82) is 5.26 Å². The van der Waals surface area contributed by atoms with Gasteiger partial charge in [-0.25, -0.2) is 0 Å². The molecule has 20 heavy (non-hydrogen) atoms. The predicted octanol–water partition coefficient (Wildman–Crippen LogP) is 4.05. The number of aryl methyl sites for hydroxylation is 1. The maximum atomic E-state index is 12.5. The van der Waals surface area contributed by atoms with Crippen LogP contribution in [-0.2, 0) is 11.2 Å². The van der Waals surface area contributed by atoms with E-state index in [9.17, 15) is 10.1 Å². The van der Waals surface area contributed by atoms with Crippen LogP contribution < -0.4 is 5.32 Å². The molecule has 0 unspecified atom stereocenters. The van der Waals surface area contributed by atoms with Gasteiger partial charge in [-0.15, -0.1) is 0 Å². The van der Waals surface area contributed by atoms with Crippen LogP contribution >= 0.6 is 0 Å². The molecule has 106 valence electrons. The number of hydrogen-bond donors (Lipinski definition) is 1. The SMILES string of the molecule is CCc1ccc(NC(=O)C2(C#N)CCCCCC2)cc1. The molecule has 0 bridgehead atoms. The van der Waals surface area contributed by atoms with E-state index in [1.165, 1.54) is 5.56 Å². The first-order chi connectivity index (χ1) is 9.70. The van der Waals surface area contributed by atoms with Crippen molar-refractivity contribution in [3.63, 3.8) is 0 Å². The van der Waals surface area contributed by atoms with Gasteiger partial charge in [-0.3, -0.25) is 4.79 Å². The van der Waals surface area contributed by atoms with E-state index in [2.05, 4.69) is 18.3 Å². The highest BCUT2D eigenvalue weighted by Crippen LogP contribution is 2.35. The van der Waals surface area contributed by atoms with Crippen LogP contribution in [-0.4, -0.2) is 5.91 Å². The van der Waals surface area contributed by atoms with Crippen LogP contribution in [0.5, 0.6) is 0 Å². The van der Waals surface area contributed by atoms with Crippen LogP contribution in [0.4, 0.5) is 5.69 Å². The number of carbonyl (C=O) groups excluding carboxylic acids is 1. The fourth-order valence-electron chi connectivity index (χ4n) is 2.80. The Hall–Kier alpha value is -1.82. The molecule has 1 aromatic carbocycles. The first-order valence-electron chi connectivity index (χ1n) is 7.52. The molecule has 1 saturated carbocycles. The lowest BCUT2D eigenvalue weighted by molar-refractivity contribution is -0.123. The van der Waals surface area contributed by atoms with E-state index in [1.54, 1.807) is 0 Å². The van der Waals surface area contributed by atoms with Gasteiger partial charge in [0.25, 0.3) is 0 Å². The van der Waals surface area contributed by atoms with Crippen molar-refractivity contribution in [2.75, 3.05) is 5.32 Å². The molecule has 0 spiro atoms. The smallest absolute Gasteiger partial charge is 0.244 e. The first-order valence-corrected chi connectivity index (χ1v) is 7.52. The van der Waals surface area contributed by atoms with E-state index in [0.29, 0.717) is 12.8 Å². The van der Waals surface area contributed by atoms with Crippen molar-refractivity contribution < 1.29 is 4.79 Å². The van der Waals surface area contributed by atoms with Crippen molar-refractivity contribution in [2.45, 2.75) is 51.9 Å². The summed E-state index contributed by atoms with van der Waals surface area (Å²) in [6.07, 6.45) is 6.54. The molecule has 1 aromatic rings. The second-order valence-electron chi connectivity index (χ2n) is 5.61. The van der Waals surface area contributed by atoms with Gasteiger partial charge in [-0.05, 0) is 37.0 Å². The molecule has 2 rings (SSSR count). The van der Waals surface area contributed by atoms with Crippen LogP contribution in [0.25, 0.3) is 0 Å². The van der Waals surface area contributed by atoms with Gasteiger partial charge in [0.2, 0.25) is 5.91 Å². The van der Waals surface area contributed by atoms with Crippen LogP contribution in [0.1, 0.15) is 51.0 Å². The molecular weight excluding hydrogens is 248 g/mol. The molecule has 1 fully saturated rings. The second-order valence-corrected chi connectivity index (χ2v) is 5.61. The Morgan fingerprint density at radius 2 is 1.80 bits per heavy atom. The molecule has 1 aliphatic rings. The minimum atomic E-state index is -0.833. The average Bonchev–Trinajstić information content (AvgIpc) is 2.74. The Kier molecular flexibility index (Phi) is 4.79. The van der Waals surface area contributed by atoms with Crippen LogP contribution in [0, 0.1) is 16.7 Å². The average molecular weight is 270 g/mol. The fraction of sp³-hybridized carbons (Fsp3) is 0.529. The van der Waals surface area contributed by atoms with Crippen LogP contribution in [0.2, 0.25) is 0 Å². The van der Waals surface area contributed by atoms with Crippen molar-refractivity contribution >= 4 is 11.6 Å². The zero-order valence-corrected chi connectivity index (χ0v) is 12.1. The molecule has 0 atom stereocenters. The lowest BCUT2D eigenvalue weighted by atomic mass is 9.81. The molecular formula is C17H22N2O. The van der Waals surface area contributed by atoms with Gasteiger partial charge >= 0.3 is 0 Å². The molecule has 0 heterocycles. The quantitative estimate of drug-likeness (QED) is 0.842. The molecule has 0 saturated heterocycles. The summed E-state index contributed by atoms with van der Waals surface area (Å²) in [5.41, 5.74) is 1.19. The zero-order valence-electron chi connectivity index (χ0n) is 12.1. The number of nitriles is 1. The van der Waals surface area contributed by atoms with Crippen molar-refractivity contribution in [1.82, 2.24) is 0 Å². The van der Waals surface area contributed by atoms with Gasteiger partial charge in [-0.2, -0.15) is 5.26 Å². The monoisotopic (exact) mass is 270 g/mol. The number of rotatable bonds is 3. The summed E-state index contributed by atoms with van der Waals surface area (Å²) in [6.45, 7) is 2.10. The van der Waals surface area contributed by atoms with Gasteiger partial charge in [0.15, 0.2) is 0 Å². The van der Waals surface area contributed by atoms with E-state index in [4.69, 9.17) is 0 Å². The van der Waals surface area contributed by atoms with Crippen LogP contribution in [0.3, 0.4) is 0 Å². The topological polar surface area (TPSA) is 52.9 Å². The summed E-state index contributed by atoms with van der Waals surface area (Å²) >= 11 is 0. The van der Waals surface area contributed by atoms with Gasteiger partial charge < -0.3 is 5.32 Å². The molecule has 3 nitrogen and oxygen atoms in total. The highest BCUT2D eigenvalue weighted by Gasteiger charge is 2.38. The predicted molar refractivity (Wildman–Crippen MR) is 80.2 cm³/mol. The zero-order chi connectivity index (χ0) is 14.4. The first kappa shape index (κ1) is 14.6. The van der Waals surface area contributed by atoms with E-state index in [-0.39, 0.29) is 5.91 Å². The number of nitrogens with zero attached hydrogens (tertiary/aromatic N) is 1.